The summed E-state index contributed by atoms with van der Waals surface area (Å²) in [5.41, 5.74) is 1.72. The second-order valence-electron chi connectivity index (χ2n) is 6.41. The van der Waals surface area contributed by atoms with Crippen molar-refractivity contribution in [3.05, 3.63) is 47.1 Å². The van der Waals surface area contributed by atoms with Gasteiger partial charge >= 0.3 is 5.97 Å². The topological polar surface area (TPSA) is 68.1 Å². The first-order valence-corrected chi connectivity index (χ1v) is 7.49. The van der Waals surface area contributed by atoms with Crippen molar-refractivity contribution in [3.8, 4) is 5.75 Å². The number of hydrogen-bond acceptors (Lipinski definition) is 4. The Morgan fingerprint density at radius 1 is 1.39 bits per heavy atom. The Morgan fingerprint density at radius 3 is 3.04 bits per heavy atom. The molecular weight excluding hydrogens is 292 g/mol. The van der Waals surface area contributed by atoms with Gasteiger partial charge in [-0.2, -0.15) is 0 Å². The van der Waals surface area contributed by atoms with Crippen molar-refractivity contribution in [1.82, 2.24) is 9.97 Å². The van der Waals surface area contributed by atoms with Crippen molar-refractivity contribution in [2.75, 3.05) is 0 Å². The number of nitrogens with one attached hydrogen (secondary N) is 1. The summed E-state index contributed by atoms with van der Waals surface area (Å²) in [6.07, 6.45) is 8.38. The number of aromatic amines is 1. The highest BCUT2D eigenvalue weighted by atomic mass is 16.5. The molecule has 1 aliphatic carbocycles. The lowest BCUT2D eigenvalue weighted by molar-refractivity contribution is 0.0723. The van der Waals surface area contributed by atoms with Gasteiger partial charge in [-0.15, -0.1) is 0 Å². The van der Waals surface area contributed by atoms with Crippen LogP contribution in [0.2, 0.25) is 0 Å². The monoisotopic (exact) mass is 308 g/mol. The third-order valence-electron chi connectivity index (χ3n) is 3.98. The summed E-state index contributed by atoms with van der Waals surface area (Å²) >= 11 is 0. The van der Waals surface area contributed by atoms with E-state index in [1.165, 1.54) is 6.20 Å². The van der Waals surface area contributed by atoms with Crippen LogP contribution in [-0.2, 0) is 0 Å². The number of ether oxygens (including phenoxy) is 1. The number of carbonyl (C=O) groups excluding carboxylic acids is 1. The highest BCUT2D eigenvalue weighted by Crippen LogP contribution is 2.26. The normalized spacial score (nSPS) is 15.6. The maximum atomic E-state index is 11.9. The first kappa shape index (κ1) is 13.8. The molecule has 0 radical (unpaired) electrons. The average molecular weight is 308 g/mol. The van der Waals surface area contributed by atoms with E-state index in [4.69, 9.17) is 9.15 Å². The molecule has 0 atom stereocenters. The van der Waals surface area contributed by atoms with Crippen LogP contribution < -0.4 is 15.4 Å². The lowest BCUT2D eigenvalue weighted by Crippen LogP contribution is -2.28. The molecule has 2 aromatic heterocycles. The zero-order chi connectivity index (χ0) is 16.0. The number of furan rings is 1. The number of carbonyl (C=O) groups is 1. The van der Waals surface area contributed by atoms with Gasteiger partial charge in [0.1, 0.15) is 16.7 Å². The molecule has 0 bridgehead atoms. The number of hydrogen-bond donors (Lipinski definition) is 1. The fourth-order valence-corrected chi connectivity index (χ4v) is 2.82. The van der Waals surface area contributed by atoms with Crippen LogP contribution in [0.5, 0.6) is 5.75 Å². The van der Waals surface area contributed by atoms with Gasteiger partial charge in [0.05, 0.1) is 0 Å². The van der Waals surface area contributed by atoms with Crippen LogP contribution in [0.25, 0.3) is 23.1 Å². The number of rotatable bonds is 2. The number of aromatic nitrogens is 2. The van der Waals surface area contributed by atoms with E-state index in [0.717, 1.165) is 22.4 Å². The molecule has 2 heterocycles. The Labute approximate surface area is 132 Å². The van der Waals surface area contributed by atoms with Crippen molar-refractivity contribution >= 4 is 29.1 Å². The van der Waals surface area contributed by atoms with E-state index in [1.807, 2.05) is 6.07 Å². The highest BCUT2D eigenvalue weighted by Gasteiger charge is 2.19. The van der Waals surface area contributed by atoms with E-state index < -0.39 is 5.97 Å². The zero-order valence-corrected chi connectivity index (χ0v) is 12.9. The number of benzene rings is 1. The van der Waals surface area contributed by atoms with Gasteiger partial charge in [0.25, 0.3) is 0 Å². The van der Waals surface area contributed by atoms with E-state index in [9.17, 15) is 4.79 Å². The van der Waals surface area contributed by atoms with E-state index in [1.54, 1.807) is 18.3 Å². The second-order valence-corrected chi connectivity index (χ2v) is 6.41. The van der Waals surface area contributed by atoms with Crippen LogP contribution in [0.4, 0.5) is 0 Å². The van der Waals surface area contributed by atoms with Gasteiger partial charge in [-0.3, -0.25) is 0 Å². The van der Waals surface area contributed by atoms with E-state index in [0.29, 0.717) is 11.3 Å². The summed E-state index contributed by atoms with van der Waals surface area (Å²) in [6, 6.07) is 5.44. The van der Waals surface area contributed by atoms with Gasteiger partial charge in [0.2, 0.25) is 5.82 Å². The molecule has 1 aromatic carbocycles. The molecule has 0 amide bonds. The Morgan fingerprint density at radius 2 is 2.26 bits per heavy atom. The lowest BCUT2D eigenvalue weighted by atomic mass is 9.85. The van der Waals surface area contributed by atoms with E-state index in [2.05, 4.69) is 36.0 Å². The Kier molecular flexibility index (Phi) is 2.91. The molecule has 5 nitrogen and oxygen atoms in total. The summed E-state index contributed by atoms with van der Waals surface area (Å²) in [4.78, 5) is 18.5. The zero-order valence-electron chi connectivity index (χ0n) is 12.9. The first-order valence-electron chi connectivity index (χ1n) is 7.49. The summed E-state index contributed by atoms with van der Waals surface area (Å²) in [6.45, 7) is 4.40. The third-order valence-corrected chi connectivity index (χ3v) is 3.98. The molecule has 0 spiro atoms. The van der Waals surface area contributed by atoms with Crippen LogP contribution in [-0.4, -0.2) is 15.9 Å². The summed E-state index contributed by atoms with van der Waals surface area (Å²) in [5, 5.41) is 2.14. The first-order chi connectivity index (χ1) is 11.0. The van der Waals surface area contributed by atoms with Crippen molar-refractivity contribution in [1.29, 1.82) is 0 Å². The van der Waals surface area contributed by atoms with Crippen LogP contribution in [0.15, 0.2) is 35.0 Å². The van der Waals surface area contributed by atoms with Gasteiger partial charge in [-0.25, -0.2) is 9.78 Å². The minimum absolute atomic E-state index is 0.119. The Balaban J connectivity index is 1.75. The van der Waals surface area contributed by atoms with Crippen LogP contribution in [0.1, 0.15) is 30.9 Å². The lowest BCUT2D eigenvalue weighted by Gasteiger charge is -2.19. The quantitative estimate of drug-likeness (QED) is 0.583. The predicted octanol–water partition coefficient (Wildman–Crippen LogP) is 2.37. The van der Waals surface area contributed by atoms with Gasteiger partial charge in [-0.1, -0.05) is 19.9 Å². The highest BCUT2D eigenvalue weighted by molar-refractivity contribution is 5.88. The smallest absolute Gasteiger partial charge is 0.379 e. The largest absolute Gasteiger partial charge is 0.456 e. The summed E-state index contributed by atoms with van der Waals surface area (Å²) in [5.74, 6) is 0.0847. The second kappa shape index (κ2) is 4.84. The van der Waals surface area contributed by atoms with Crippen molar-refractivity contribution in [2.45, 2.75) is 20.3 Å². The molecular formula is C18H16N2O3. The molecule has 4 rings (SSSR count). The van der Waals surface area contributed by atoms with Crippen LogP contribution in [0, 0.1) is 5.41 Å². The van der Waals surface area contributed by atoms with Crippen LogP contribution in [0.3, 0.4) is 0 Å². The molecule has 23 heavy (non-hydrogen) atoms. The van der Waals surface area contributed by atoms with Crippen molar-refractivity contribution in [3.63, 3.8) is 0 Å². The van der Waals surface area contributed by atoms with Gasteiger partial charge in [0, 0.05) is 29.1 Å². The number of fused-ring (bicyclic) bond motifs is 3. The molecule has 0 saturated carbocycles. The predicted molar refractivity (Wildman–Crippen MR) is 86.3 cm³/mol. The molecule has 0 aliphatic heterocycles. The molecule has 3 aromatic rings. The molecule has 5 heteroatoms. The minimum Gasteiger partial charge on any atom is -0.456 e. The van der Waals surface area contributed by atoms with E-state index in [-0.39, 0.29) is 11.2 Å². The Hall–Kier alpha value is -2.82. The third kappa shape index (κ3) is 2.44. The molecule has 0 fully saturated rings. The average Bonchev–Trinajstić information content (AvgIpc) is 3.13. The van der Waals surface area contributed by atoms with Crippen molar-refractivity contribution in [2.24, 2.45) is 5.41 Å². The molecule has 116 valence electrons. The molecule has 1 N–H and O–H groups in total. The summed E-state index contributed by atoms with van der Waals surface area (Å²) < 4.78 is 11.2. The maximum Gasteiger partial charge on any atom is 0.379 e. The fraction of sp³-hybridized carbons (Fsp3) is 0.222. The summed E-state index contributed by atoms with van der Waals surface area (Å²) in [7, 11) is 0. The number of esters is 1. The standard InChI is InChI=1S/C18H16N2O3/c1-18(2)6-5-14-13(10-18)12-4-3-11(9-15(12)23-14)22-17(21)16-19-7-8-20-16/h3-5,7-10H,6H2,1-2H3,(H,19,20). The number of H-pyrrole nitrogens is 1. The van der Waals surface area contributed by atoms with Crippen LogP contribution >= 0.6 is 0 Å². The van der Waals surface area contributed by atoms with Gasteiger partial charge in [0.15, 0.2) is 0 Å². The molecule has 0 saturated heterocycles. The van der Waals surface area contributed by atoms with Gasteiger partial charge in [-0.05, 0) is 30.0 Å². The maximum absolute atomic E-state index is 11.9. The van der Waals surface area contributed by atoms with Gasteiger partial charge < -0.3 is 14.1 Å². The molecule has 0 unspecified atom stereocenters. The number of imidazole rings is 1. The number of nitrogens with zero attached hydrogens (tertiary/aromatic N) is 1. The van der Waals surface area contributed by atoms with Crippen molar-refractivity contribution < 1.29 is 13.9 Å². The van der Waals surface area contributed by atoms with E-state index >= 15 is 0 Å². The minimum atomic E-state index is -0.523. The Bertz CT molecular complexity index is 1010. The fourth-order valence-electron chi connectivity index (χ4n) is 2.82. The molecule has 1 aliphatic rings. The SMILES string of the molecule is CC1(C)C=c2c(oc3cc(OC(=O)c4ncc[nH]4)ccc23)=CC1.